The number of fused-ring (bicyclic) bond motifs is 3. The van der Waals surface area contributed by atoms with E-state index in [1.165, 1.54) is 0 Å². The molecule has 0 amide bonds. The second-order valence-corrected chi connectivity index (χ2v) is 8.16. The maximum absolute atomic E-state index is 10.1. The summed E-state index contributed by atoms with van der Waals surface area (Å²) in [5, 5.41) is 25.3. The molecule has 1 atom stereocenters. The van der Waals surface area contributed by atoms with E-state index >= 15 is 0 Å². The van der Waals surface area contributed by atoms with Gasteiger partial charge in [-0.05, 0) is 31.2 Å². The monoisotopic (exact) mass is 462 g/mol. The molecular weight excluding hydrogens is 447 g/mol. The predicted octanol–water partition coefficient (Wildman–Crippen LogP) is 5.30. The summed E-state index contributed by atoms with van der Waals surface area (Å²) in [6.07, 6.45) is 7.11. The Morgan fingerprint density at radius 3 is 2.66 bits per heavy atom. The number of imidazole rings is 1. The molecule has 1 unspecified atom stereocenters. The van der Waals surface area contributed by atoms with Crippen LogP contribution in [0.4, 0.5) is 0 Å². The average Bonchev–Trinajstić information content (AvgIpc) is 3.43. The van der Waals surface area contributed by atoms with Gasteiger partial charge < -0.3 is 9.51 Å². The Morgan fingerprint density at radius 1 is 1.16 bits per heavy atom. The van der Waals surface area contributed by atoms with Gasteiger partial charge in [0.05, 0.1) is 45.8 Å². The molecule has 5 aromatic rings. The third-order valence-corrected chi connectivity index (χ3v) is 6.05. The van der Waals surface area contributed by atoms with E-state index in [4.69, 9.17) is 33.4 Å². The summed E-state index contributed by atoms with van der Waals surface area (Å²) in [5.74, 6) is 0. The van der Waals surface area contributed by atoms with Crippen molar-refractivity contribution in [3.8, 4) is 28.5 Å². The van der Waals surface area contributed by atoms with Crippen molar-refractivity contribution in [1.29, 1.82) is 5.26 Å². The Balaban J connectivity index is 1.74. The van der Waals surface area contributed by atoms with Crippen LogP contribution in [0.25, 0.3) is 38.9 Å². The highest BCUT2D eigenvalue weighted by Gasteiger charge is 2.20. The van der Waals surface area contributed by atoms with Crippen molar-refractivity contribution in [2.75, 3.05) is 0 Å². The van der Waals surface area contributed by atoms with Crippen molar-refractivity contribution in [2.24, 2.45) is 0 Å². The van der Waals surface area contributed by atoms with Gasteiger partial charge in [-0.3, -0.25) is 9.67 Å². The van der Waals surface area contributed by atoms with Gasteiger partial charge in [0.2, 0.25) is 0 Å². The summed E-state index contributed by atoms with van der Waals surface area (Å²) < 4.78 is 3.43. The van der Waals surface area contributed by atoms with Crippen LogP contribution in [0.2, 0.25) is 10.0 Å². The van der Waals surface area contributed by atoms with Crippen LogP contribution in [0.5, 0.6) is 0 Å². The zero-order valence-electron chi connectivity index (χ0n) is 16.9. The molecule has 1 aromatic carbocycles. The van der Waals surface area contributed by atoms with Crippen molar-refractivity contribution in [3.05, 3.63) is 70.9 Å². The maximum atomic E-state index is 10.1. The molecule has 0 radical (unpaired) electrons. The summed E-state index contributed by atoms with van der Waals surface area (Å²) in [6.45, 7) is 1.54. The second kappa shape index (κ2) is 7.92. The lowest BCUT2D eigenvalue weighted by atomic mass is 10.1. The predicted molar refractivity (Wildman–Crippen MR) is 123 cm³/mol. The van der Waals surface area contributed by atoms with E-state index in [1.807, 2.05) is 28.9 Å². The molecule has 5 rings (SSSR count). The Bertz CT molecular complexity index is 1510. The van der Waals surface area contributed by atoms with Gasteiger partial charge in [0, 0.05) is 40.7 Å². The lowest BCUT2D eigenvalue weighted by molar-refractivity contribution is 0.276. The third kappa shape index (κ3) is 3.21. The summed E-state index contributed by atoms with van der Waals surface area (Å²) in [6, 6.07) is 10.9. The molecule has 0 saturated heterocycles. The second-order valence-electron chi connectivity index (χ2n) is 7.34. The molecule has 0 fully saturated rings. The molecule has 0 aliphatic rings. The number of nitriles is 1. The van der Waals surface area contributed by atoms with Gasteiger partial charge in [-0.2, -0.15) is 10.4 Å². The van der Waals surface area contributed by atoms with Gasteiger partial charge in [0.1, 0.15) is 11.7 Å². The first-order valence-electron chi connectivity index (χ1n) is 9.81. The number of rotatable bonds is 4. The first-order chi connectivity index (χ1) is 15.5. The van der Waals surface area contributed by atoms with Crippen LogP contribution in [0.1, 0.15) is 18.7 Å². The van der Waals surface area contributed by atoms with E-state index in [9.17, 15) is 5.11 Å². The first kappa shape index (κ1) is 20.5. The van der Waals surface area contributed by atoms with Crippen molar-refractivity contribution in [1.82, 2.24) is 24.1 Å². The number of aromatic nitrogens is 5. The Hall–Kier alpha value is -3.44. The zero-order chi connectivity index (χ0) is 22.4. The summed E-state index contributed by atoms with van der Waals surface area (Å²) in [5.41, 5.74) is 4.75. The molecule has 1 N–H and O–H groups in total. The standard InChI is InChI=1S/C23H16Cl2N6O/c1-13(8-26)31-11-15(10-28-31)14-7-16-19(27-9-14)5-6-30-20(12-32)22(29-23(16)30)21-17(24)3-2-4-18(21)25/h2-7,9-11,13,32H,12H2,1H3. The van der Waals surface area contributed by atoms with Gasteiger partial charge >= 0.3 is 0 Å². The summed E-state index contributed by atoms with van der Waals surface area (Å²) in [7, 11) is 0. The molecule has 9 heteroatoms. The van der Waals surface area contributed by atoms with Gasteiger partial charge in [-0.1, -0.05) is 29.3 Å². The number of hydrogen-bond donors (Lipinski definition) is 1. The number of hydrogen-bond acceptors (Lipinski definition) is 5. The highest BCUT2D eigenvalue weighted by atomic mass is 35.5. The SMILES string of the molecule is CC(C#N)n1cc(-c2cnc3ccn4c(CO)c(-c5c(Cl)cccc5Cl)nc4c3c2)cn1. The van der Waals surface area contributed by atoms with E-state index in [-0.39, 0.29) is 12.6 Å². The van der Waals surface area contributed by atoms with E-state index in [1.54, 1.807) is 42.2 Å². The molecule has 0 aliphatic heterocycles. The Kier molecular flexibility index (Phi) is 5.06. The third-order valence-electron chi connectivity index (χ3n) is 5.42. The van der Waals surface area contributed by atoms with E-state index in [0.717, 1.165) is 22.0 Å². The minimum Gasteiger partial charge on any atom is -0.390 e. The van der Waals surface area contributed by atoms with Gasteiger partial charge in [0.25, 0.3) is 0 Å². The van der Waals surface area contributed by atoms with E-state index in [2.05, 4.69) is 16.2 Å². The van der Waals surface area contributed by atoms with Crippen molar-refractivity contribution in [3.63, 3.8) is 0 Å². The van der Waals surface area contributed by atoms with Crippen molar-refractivity contribution >= 4 is 39.8 Å². The number of aliphatic hydroxyl groups is 1. The van der Waals surface area contributed by atoms with Crippen LogP contribution in [-0.2, 0) is 6.61 Å². The molecule has 4 aromatic heterocycles. The van der Waals surface area contributed by atoms with Crippen molar-refractivity contribution in [2.45, 2.75) is 19.6 Å². The van der Waals surface area contributed by atoms with E-state index in [0.29, 0.717) is 32.6 Å². The molecule has 158 valence electrons. The van der Waals surface area contributed by atoms with Crippen molar-refractivity contribution < 1.29 is 5.11 Å². The normalized spacial score (nSPS) is 12.3. The molecule has 0 spiro atoms. The largest absolute Gasteiger partial charge is 0.390 e. The number of halogens is 2. The highest BCUT2D eigenvalue weighted by Crippen LogP contribution is 2.37. The van der Waals surface area contributed by atoms with Crippen LogP contribution in [0.15, 0.2) is 55.1 Å². The van der Waals surface area contributed by atoms with Crippen LogP contribution >= 0.6 is 23.2 Å². The molecule has 4 heterocycles. The molecule has 32 heavy (non-hydrogen) atoms. The fourth-order valence-corrected chi connectivity index (χ4v) is 4.32. The maximum Gasteiger partial charge on any atom is 0.147 e. The summed E-state index contributed by atoms with van der Waals surface area (Å²) in [4.78, 5) is 9.40. The minimum absolute atomic E-state index is 0.241. The van der Waals surface area contributed by atoms with Crippen LogP contribution in [0, 0.1) is 11.3 Å². The number of aliphatic hydroxyl groups excluding tert-OH is 1. The zero-order valence-corrected chi connectivity index (χ0v) is 18.4. The quantitative estimate of drug-likeness (QED) is 0.391. The molecule has 0 saturated carbocycles. The fourth-order valence-electron chi connectivity index (χ4n) is 3.74. The molecular formula is C23H16Cl2N6O. The number of benzene rings is 1. The summed E-state index contributed by atoms with van der Waals surface area (Å²) >= 11 is 12.8. The smallest absolute Gasteiger partial charge is 0.147 e. The minimum atomic E-state index is -0.369. The molecule has 0 bridgehead atoms. The number of nitrogens with zero attached hydrogens (tertiary/aromatic N) is 6. The lowest BCUT2D eigenvalue weighted by Gasteiger charge is -2.06. The van der Waals surface area contributed by atoms with Gasteiger partial charge in [-0.25, -0.2) is 4.98 Å². The lowest BCUT2D eigenvalue weighted by Crippen LogP contribution is -2.01. The van der Waals surface area contributed by atoms with E-state index < -0.39 is 0 Å². The van der Waals surface area contributed by atoms with Gasteiger partial charge in [0.15, 0.2) is 0 Å². The average molecular weight is 463 g/mol. The van der Waals surface area contributed by atoms with Crippen LogP contribution < -0.4 is 0 Å². The Morgan fingerprint density at radius 2 is 1.94 bits per heavy atom. The molecule has 7 nitrogen and oxygen atoms in total. The fraction of sp³-hybridized carbons (Fsp3) is 0.130. The Labute approximate surface area is 193 Å². The number of pyridine rings is 2. The topological polar surface area (TPSA) is 92.0 Å². The van der Waals surface area contributed by atoms with Crippen LogP contribution in [0.3, 0.4) is 0 Å². The molecule has 0 aliphatic carbocycles. The van der Waals surface area contributed by atoms with Gasteiger partial charge in [-0.15, -0.1) is 0 Å². The van der Waals surface area contributed by atoms with Crippen LogP contribution in [-0.4, -0.2) is 29.3 Å². The first-order valence-corrected chi connectivity index (χ1v) is 10.6. The highest BCUT2D eigenvalue weighted by molar-refractivity contribution is 6.39.